The van der Waals surface area contributed by atoms with E-state index in [-0.39, 0.29) is 5.56 Å². The molecule has 0 radical (unpaired) electrons. The maximum absolute atomic E-state index is 12.0. The molecule has 0 saturated carbocycles. The molecule has 3 aromatic rings. The molecular weight excluding hydrogens is 433 g/mol. The Morgan fingerprint density at radius 3 is 2.16 bits per heavy atom. The van der Waals surface area contributed by atoms with Crippen LogP contribution in [-0.2, 0) is 4.74 Å². The van der Waals surface area contributed by atoms with E-state index in [1.54, 1.807) is 24.3 Å². The third-order valence-corrected chi connectivity index (χ3v) is 5.21. The van der Waals surface area contributed by atoms with Gasteiger partial charge in [0.1, 0.15) is 5.75 Å². The van der Waals surface area contributed by atoms with Crippen molar-refractivity contribution >= 4 is 29.2 Å². The van der Waals surface area contributed by atoms with Crippen molar-refractivity contribution in [1.29, 1.82) is 5.26 Å². The molecule has 0 aliphatic heterocycles. The van der Waals surface area contributed by atoms with Crippen LogP contribution in [0.4, 0.5) is 0 Å². The summed E-state index contributed by atoms with van der Waals surface area (Å²) in [6.07, 6.45) is 2.47. The lowest BCUT2D eigenvalue weighted by atomic mass is 10.0. The number of carbonyl (C=O) groups excluding carboxylic acids is 1. The standard InChI is InChI=1S/C25H21Cl2NO3/c26-21-10-13-24(27)23(16-21)25(29)31-15-3-1-2-14-30-22-11-8-20(9-12-22)19-6-4-18(17-28)5-7-19/h4-13,16H,1-3,14-15H2. The summed E-state index contributed by atoms with van der Waals surface area (Å²) in [6, 6.07) is 22.2. The summed E-state index contributed by atoms with van der Waals surface area (Å²) < 4.78 is 11.0. The fourth-order valence-corrected chi connectivity index (χ4v) is 3.32. The maximum Gasteiger partial charge on any atom is 0.339 e. The number of benzene rings is 3. The van der Waals surface area contributed by atoms with E-state index in [1.807, 2.05) is 36.4 Å². The van der Waals surface area contributed by atoms with Crippen LogP contribution >= 0.6 is 23.2 Å². The molecule has 6 heteroatoms. The van der Waals surface area contributed by atoms with Gasteiger partial charge in [-0.2, -0.15) is 5.26 Å². The predicted molar refractivity (Wildman–Crippen MR) is 123 cm³/mol. The number of ether oxygens (including phenoxy) is 2. The van der Waals surface area contributed by atoms with Gasteiger partial charge in [0.25, 0.3) is 0 Å². The first-order chi connectivity index (χ1) is 15.1. The van der Waals surface area contributed by atoms with Crippen LogP contribution in [0.25, 0.3) is 11.1 Å². The van der Waals surface area contributed by atoms with Gasteiger partial charge in [0.05, 0.1) is 35.4 Å². The van der Waals surface area contributed by atoms with E-state index in [0.717, 1.165) is 36.1 Å². The van der Waals surface area contributed by atoms with Gasteiger partial charge in [-0.05, 0) is 72.9 Å². The molecule has 3 aromatic carbocycles. The minimum Gasteiger partial charge on any atom is -0.494 e. The number of unbranched alkanes of at least 4 members (excludes halogenated alkanes) is 2. The lowest BCUT2D eigenvalue weighted by Crippen LogP contribution is -2.07. The summed E-state index contributed by atoms with van der Waals surface area (Å²) in [5.41, 5.74) is 3.05. The van der Waals surface area contributed by atoms with Gasteiger partial charge in [-0.1, -0.05) is 47.5 Å². The highest BCUT2D eigenvalue weighted by molar-refractivity contribution is 6.35. The van der Waals surface area contributed by atoms with E-state index in [9.17, 15) is 4.79 Å². The molecule has 0 aromatic heterocycles. The molecule has 0 atom stereocenters. The van der Waals surface area contributed by atoms with E-state index in [0.29, 0.717) is 28.8 Å². The van der Waals surface area contributed by atoms with Gasteiger partial charge in [0.15, 0.2) is 0 Å². The third-order valence-electron chi connectivity index (χ3n) is 4.64. The summed E-state index contributed by atoms with van der Waals surface area (Å²) in [7, 11) is 0. The number of carbonyl (C=O) groups is 1. The Morgan fingerprint density at radius 1 is 0.839 bits per heavy atom. The summed E-state index contributed by atoms with van der Waals surface area (Å²) >= 11 is 11.9. The third kappa shape index (κ3) is 6.75. The van der Waals surface area contributed by atoms with Crippen LogP contribution < -0.4 is 4.74 Å². The van der Waals surface area contributed by atoms with Gasteiger partial charge in [0.2, 0.25) is 0 Å². The van der Waals surface area contributed by atoms with E-state index in [2.05, 4.69) is 6.07 Å². The topological polar surface area (TPSA) is 59.3 Å². The lowest BCUT2D eigenvalue weighted by Gasteiger charge is -2.08. The molecule has 31 heavy (non-hydrogen) atoms. The SMILES string of the molecule is N#Cc1ccc(-c2ccc(OCCCCCOC(=O)c3cc(Cl)ccc3Cl)cc2)cc1. The van der Waals surface area contributed by atoms with Gasteiger partial charge in [-0.25, -0.2) is 4.79 Å². The molecule has 0 amide bonds. The molecule has 158 valence electrons. The molecule has 4 nitrogen and oxygen atoms in total. The molecule has 0 bridgehead atoms. The van der Waals surface area contributed by atoms with E-state index < -0.39 is 5.97 Å². The molecule has 0 saturated heterocycles. The largest absolute Gasteiger partial charge is 0.494 e. The summed E-state index contributed by atoms with van der Waals surface area (Å²) in [4.78, 5) is 12.0. The van der Waals surface area contributed by atoms with Crippen LogP contribution in [-0.4, -0.2) is 19.2 Å². The average Bonchev–Trinajstić information content (AvgIpc) is 2.80. The van der Waals surface area contributed by atoms with Crippen LogP contribution in [0.1, 0.15) is 35.2 Å². The summed E-state index contributed by atoms with van der Waals surface area (Å²) in [5, 5.41) is 9.65. The minimum absolute atomic E-state index is 0.280. The van der Waals surface area contributed by atoms with Crippen LogP contribution in [0, 0.1) is 11.3 Å². The van der Waals surface area contributed by atoms with Crippen molar-refractivity contribution in [3.05, 3.63) is 87.9 Å². The zero-order valence-corrected chi connectivity index (χ0v) is 18.3. The Balaban J connectivity index is 1.34. The molecule has 0 aliphatic carbocycles. The molecule has 0 fully saturated rings. The zero-order valence-electron chi connectivity index (χ0n) is 16.8. The summed E-state index contributed by atoms with van der Waals surface area (Å²) in [5.74, 6) is 0.338. The fourth-order valence-electron chi connectivity index (χ4n) is 2.95. The van der Waals surface area contributed by atoms with Crippen LogP contribution in [0.3, 0.4) is 0 Å². The Kier molecular flexibility index (Phi) is 8.35. The van der Waals surface area contributed by atoms with Crippen molar-refractivity contribution in [2.75, 3.05) is 13.2 Å². The number of halogens is 2. The molecule has 0 N–H and O–H groups in total. The van der Waals surface area contributed by atoms with Gasteiger partial charge < -0.3 is 9.47 Å². The quantitative estimate of drug-likeness (QED) is 0.260. The van der Waals surface area contributed by atoms with E-state index >= 15 is 0 Å². The minimum atomic E-state index is -0.467. The smallest absolute Gasteiger partial charge is 0.339 e. The monoisotopic (exact) mass is 453 g/mol. The number of esters is 1. The summed E-state index contributed by atoms with van der Waals surface area (Å²) in [6.45, 7) is 0.908. The molecule has 0 aliphatic rings. The van der Waals surface area contributed by atoms with Gasteiger partial charge in [0, 0.05) is 5.02 Å². The number of nitriles is 1. The van der Waals surface area contributed by atoms with Crippen molar-refractivity contribution in [2.24, 2.45) is 0 Å². The predicted octanol–water partition coefficient (Wildman–Crippen LogP) is 6.94. The molecule has 0 unspecified atom stereocenters. The van der Waals surface area contributed by atoms with Crippen molar-refractivity contribution in [2.45, 2.75) is 19.3 Å². The number of hydrogen-bond acceptors (Lipinski definition) is 4. The molecular formula is C25H21Cl2NO3. The van der Waals surface area contributed by atoms with Gasteiger partial charge >= 0.3 is 5.97 Å². The number of hydrogen-bond donors (Lipinski definition) is 0. The highest BCUT2D eigenvalue weighted by Crippen LogP contribution is 2.23. The molecule has 0 heterocycles. The average molecular weight is 454 g/mol. The van der Waals surface area contributed by atoms with Crippen LogP contribution in [0.2, 0.25) is 10.0 Å². The van der Waals surface area contributed by atoms with Gasteiger partial charge in [-0.3, -0.25) is 0 Å². The fraction of sp³-hybridized carbons (Fsp3) is 0.200. The zero-order chi connectivity index (χ0) is 22.1. The molecule has 3 rings (SSSR count). The van der Waals surface area contributed by atoms with Crippen molar-refractivity contribution in [1.82, 2.24) is 0 Å². The second-order valence-electron chi connectivity index (χ2n) is 6.88. The normalized spacial score (nSPS) is 10.4. The highest BCUT2D eigenvalue weighted by Gasteiger charge is 2.12. The second kappa shape index (κ2) is 11.4. The number of nitrogens with zero attached hydrogens (tertiary/aromatic N) is 1. The first kappa shape index (κ1) is 22.7. The Bertz CT molecular complexity index is 1060. The molecule has 0 spiro atoms. The lowest BCUT2D eigenvalue weighted by molar-refractivity contribution is 0.0497. The second-order valence-corrected chi connectivity index (χ2v) is 7.73. The Labute approximate surface area is 191 Å². The van der Waals surface area contributed by atoms with Crippen LogP contribution in [0.15, 0.2) is 66.7 Å². The first-order valence-electron chi connectivity index (χ1n) is 9.92. The Hall–Kier alpha value is -3.00. The van der Waals surface area contributed by atoms with Crippen molar-refractivity contribution in [3.63, 3.8) is 0 Å². The maximum atomic E-state index is 12.0. The first-order valence-corrected chi connectivity index (χ1v) is 10.7. The van der Waals surface area contributed by atoms with E-state index in [4.69, 9.17) is 37.9 Å². The number of rotatable bonds is 9. The van der Waals surface area contributed by atoms with Crippen molar-refractivity contribution < 1.29 is 14.3 Å². The van der Waals surface area contributed by atoms with E-state index in [1.165, 1.54) is 6.07 Å². The van der Waals surface area contributed by atoms with Gasteiger partial charge in [-0.15, -0.1) is 0 Å². The Morgan fingerprint density at radius 2 is 1.48 bits per heavy atom. The highest BCUT2D eigenvalue weighted by atomic mass is 35.5. The van der Waals surface area contributed by atoms with Crippen molar-refractivity contribution in [3.8, 4) is 22.9 Å². The van der Waals surface area contributed by atoms with Crippen LogP contribution in [0.5, 0.6) is 5.75 Å².